The lowest BCUT2D eigenvalue weighted by Gasteiger charge is -2.00. The molecule has 0 aliphatic heterocycles. The summed E-state index contributed by atoms with van der Waals surface area (Å²) >= 11 is 11.1. The Labute approximate surface area is 91.8 Å². The molecule has 1 aromatic carbocycles. The number of hydrogen-bond donors (Lipinski definition) is 0. The third-order valence-electron chi connectivity index (χ3n) is 1.72. The van der Waals surface area contributed by atoms with Crippen LogP contribution in [0.15, 0.2) is 18.2 Å². The van der Waals surface area contributed by atoms with E-state index in [1.807, 2.05) is 0 Å². The van der Waals surface area contributed by atoms with Crippen molar-refractivity contribution in [3.8, 4) is 0 Å². The first kappa shape index (κ1) is 11.5. The zero-order valence-electron chi connectivity index (χ0n) is 7.40. The van der Waals surface area contributed by atoms with Gasteiger partial charge in [-0.05, 0) is 24.6 Å². The summed E-state index contributed by atoms with van der Waals surface area (Å²) in [5.41, 5.74) is 0.306. The van der Waals surface area contributed by atoms with Gasteiger partial charge in [-0.15, -0.1) is 11.6 Å². The van der Waals surface area contributed by atoms with Gasteiger partial charge in [0.05, 0.1) is 0 Å². The third kappa shape index (κ3) is 3.28. The van der Waals surface area contributed by atoms with Crippen molar-refractivity contribution in [2.24, 2.45) is 0 Å². The van der Waals surface area contributed by atoms with Crippen LogP contribution < -0.4 is 0 Å². The number of carbonyl (C=O) groups is 1. The molecule has 76 valence electrons. The molecule has 0 fully saturated rings. The molecule has 1 aromatic rings. The Morgan fingerprint density at radius 1 is 1.36 bits per heavy atom. The molecule has 14 heavy (non-hydrogen) atoms. The van der Waals surface area contributed by atoms with Crippen LogP contribution in [0.1, 0.15) is 23.2 Å². The highest BCUT2D eigenvalue weighted by Gasteiger charge is 2.07. The first-order chi connectivity index (χ1) is 6.63. The predicted octanol–water partition coefficient (Wildman–Crippen LogP) is 3.68. The summed E-state index contributed by atoms with van der Waals surface area (Å²) in [6, 6.07) is 3.81. The number of Topliss-reactive ketones (excluding diaryl/α,β-unsaturated/α-hetero) is 1. The SMILES string of the molecule is O=C(CCCCl)c1cc(F)cc(Cl)c1. The summed E-state index contributed by atoms with van der Waals surface area (Å²) in [6.07, 6.45) is 0.914. The van der Waals surface area contributed by atoms with Crippen LogP contribution in [-0.4, -0.2) is 11.7 Å². The largest absolute Gasteiger partial charge is 0.294 e. The van der Waals surface area contributed by atoms with Crippen molar-refractivity contribution >= 4 is 29.0 Å². The molecule has 0 saturated heterocycles. The molecule has 1 nitrogen and oxygen atoms in total. The molecule has 0 aliphatic rings. The van der Waals surface area contributed by atoms with Crippen molar-refractivity contribution in [1.82, 2.24) is 0 Å². The highest BCUT2D eigenvalue weighted by atomic mass is 35.5. The number of alkyl halides is 1. The lowest BCUT2D eigenvalue weighted by atomic mass is 10.1. The van der Waals surface area contributed by atoms with E-state index in [9.17, 15) is 9.18 Å². The van der Waals surface area contributed by atoms with E-state index >= 15 is 0 Å². The Morgan fingerprint density at radius 3 is 2.64 bits per heavy atom. The van der Waals surface area contributed by atoms with Gasteiger partial charge in [0.25, 0.3) is 0 Å². The Kier molecular flexibility index (Phi) is 4.36. The zero-order valence-corrected chi connectivity index (χ0v) is 8.91. The number of halogens is 3. The Bertz CT molecular complexity index is 319. The molecule has 0 spiro atoms. The maximum atomic E-state index is 12.8. The summed E-state index contributed by atoms with van der Waals surface area (Å²) in [7, 11) is 0. The predicted molar refractivity (Wildman–Crippen MR) is 55.7 cm³/mol. The average Bonchev–Trinajstić information content (AvgIpc) is 2.12. The molecule has 0 bridgehead atoms. The normalized spacial score (nSPS) is 10.2. The van der Waals surface area contributed by atoms with E-state index < -0.39 is 5.82 Å². The number of rotatable bonds is 4. The Morgan fingerprint density at radius 2 is 2.07 bits per heavy atom. The highest BCUT2D eigenvalue weighted by Crippen LogP contribution is 2.16. The van der Waals surface area contributed by atoms with E-state index in [4.69, 9.17) is 23.2 Å². The van der Waals surface area contributed by atoms with Crippen molar-refractivity contribution in [2.75, 3.05) is 5.88 Å². The second-order valence-corrected chi connectivity index (χ2v) is 3.69. The van der Waals surface area contributed by atoms with Gasteiger partial charge >= 0.3 is 0 Å². The number of carbonyl (C=O) groups excluding carboxylic acids is 1. The molecule has 0 unspecified atom stereocenters. The van der Waals surface area contributed by atoms with Crippen LogP contribution in [0.4, 0.5) is 4.39 Å². The van der Waals surface area contributed by atoms with Gasteiger partial charge in [0.15, 0.2) is 5.78 Å². The van der Waals surface area contributed by atoms with Crippen molar-refractivity contribution in [3.63, 3.8) is 0 Å². The summed E-state index contributed by atoms with van der Waals surface area (Å²) in [5, 5.41) is 0.235. The summed E-state index contributed by atoms with van der Waals surface area (Å²) in [6.45, 7) is 0. The molecule has 0 radical (unpaired) electrons. The number of benzene rings is 1. The fourth-order valence-electron chi connectivity index (χ4n) is 1.09. The zero-order chi connectivity index (χ0) is 10.6. The number of hydrogen-bond acceptors (Lipinski definition) is 1. The molecule has 0 heterocycles. The van der Waals surface area contributed by atoms with Crippen LogP contribution in [0.25, 0.3) is 0 Å². The van der Waals surface area contributed by atoms with Gasteiger partial charge in [-0.2, -0.15) is 0 Å². The second-order valence-electron chi connectivity index (χ2n) is 2.87. The van der Waals surface area contributed by atoms with Gasteiger partial charge in [-0.3, -0.25) is 4.79 Å². The molecule has 1 rings (SSSR count). The highest BCUT2D eigenvalue weighted by molar-refractivity contribution is 6.31. The van der Waals surface area contributed by atoms with E-state index in [0.717, 1.165) is 0 Å². The maximum absolute atomic E-state index is 12.8. The van der Waals surface area contributed by atoms with E-state index in [1.165, 1.54) is 18.2 Å². The average molecular weight is 235 g/mol. The van der Waals surface area contributed by atoms with Crippen LogP contribution >= 0.6 is 23.2 Å². The van der Waals surface area contributed by atoms with Crippen LogP contribution in [0.5, 0.6) is 0 Å². The molecular weight excluding hydrogens is 226 g/mol. The van der Waals surface area contributed by atoms with Crippen molar-refractivity contribution < 1.29 is 9.18 Å². The lowest BCUT2D eigenvalue weighted by molar-refractivity contribution is 0.0981. The summed E-state index contributed by atoms with van der Waals surface area (Å²) in [5.74, 6) is -0.201. The molecule has 4 heteroatoms. The lowest BCUT2D eigenvalue weighted by Crippen LogP contribution is -1.99. The van der Waals surface area contributed by atoms with Crippen molar-refractivity contribution in [3.05, 3.63) is 34.6 Å². The van der Waals surface area contributed by atoms with Gasteiger partial charge in [-0.25, -0.2) is 4.39 Å². The van der Waals surface area contributed by atoms with Gasteiger partial charge < -0.3 is 0 Å². The fraction of sp³-hybridized carbons (Fsp3) is 0.300. The van der Waals surface area contributed by atoms with E-state index in [0.29, 0.717) is 24.3 Å². The minimum Gasteiger partial charge on any atom is -0.294 e. The van der Waals surface area contributed by atoms with Crippen molar-refractivity contribution in [1.29, 1.82) is 0 Å². The molecule has 0 atom stereocenters. The molecule has 0 amide bonds. The standard InChI is InChI=1S/C10H9Cl2FO/c11-3-1-2-10(14)7-4-8(12)6-9(13)5-7/h4-6H,1-3H2. The third-order valence-corrected chi connectivity index (χ3v) is 2.21. The van der Waals surface area contributed by atoms with Gasteiger partial charge in [0, 0.05) is 22.9 Å². The molecule has 0 N–H and O–H groups in total. The van der Waals surface area contributed by atoms with Crippen molar-refractivity contribution in [2.45, 2.75) is 12.8 Å². The Hall–Kier alpha value is -0.600. The fourth-order valence-corrected chi connectivity index (χ4v) is 1.44. The summed E-state index contributed by atoms with van der Waals surface area (Å²) < 4.78 is 12.8. The van der Waals surface area contributed by atoms with Gasteiger partial charge in [0.1, 0.15) is 5.82 Å². The topological polar surface area (TPSA) is 17.1 Å². The van der Waals surface area contributed by atoms with Gasteiger partial charge in [-0.1, -0.05) is 11.6 Å². The Balaban J connectivity index is 2.79. The molecule has 0 aromatic heterocycles. The first-order valence-corrected chi connectivity index (χ1v) is 5.10. The molecule has 0 saturated carbocycles. The second kappa shape index (κ2) is 5.32. The van der Waals surface area contributed by atoms with Crippen LogP contribution in [0, 0.1) is 5.82 Å². The minimum atomic E-state index is -0.494. The van der Waals surface area contributed by atoms with E-state index in [2.05, 4.69) is 0 Å². The number of ketones is 1. The van der Waals surface area contributed by atoms with Gasteiger partial charge in [0.2, 0.25) is 0 Å². The summed E-state index contributed by atoms with van der Waals surface area (Å²) in [4.78, 5) is 11.4. The quantitative estimate of drug-likeness (QED) is 0.574. The minimum absolute atomic E-state index is 0.132. The van der Waals surface area contributed by atoms with Crippen LogP contribution in [0.3, 0.4) is 0 Å². The van der Waals surface area contributed by atoms with E-state index in [-0.39, 0.29) is 10.8 Å². The van der Waals surface area contributed by atoms with Crippen LogP contribution in [-0.2, 0) is 0 Å². The van der Waals surface area contributed by atoms with Crippen LogP contribution in [0.2, 0.25) is 5.02 Å². The maximum Gasteiger partial charge on any atom is 0.163 e. The van der Waals surface area contributed by atoms with E-state index in [1.54, 1.807) is 0 Å². The monoisotopic (exact) mass is 234 g/mol. The molecular formula is C10H9Cl2FO. The first-order valence-electron chi connectivity index (χ1n) is 4.18. The smallest absolute Gasteiger partial charge is 0.163 e. The molecule has 0 aliphatic carbocycles.